The lowest BCUT2D eigenvalue weighted by molar-refractivity contribution is 0.0946. The Kier molecular flexibility index (Phi) is 8.39. The van der Waals surface area contributed by atoms with Crippen LogP contribution in [0, 0.1) is 13.8 Å². The summed E-state index contributed by atoms with van der Waals surface area (Å²) < 4.78 is 59.4. The molecule has 0 aromatic heterocycles. The minimum Gasteiger partial charge on any atom is -0.492 e. The van der Waals surface area contributed by atoms with Crippen molar-refractivity contribution >= 4 is 31.6 Å². The summed E-state index contributed by atoms with van der Waals surface area (Å²) in [5.74, 6) is 0.00548. The van der Waals surface area contributed by atoms with Gasteiger partial charge in [-0.05, 0) is 73.5 Å². The highest BCUT2D eigenvalue weighted by molar-refractivity contribution is 7.92. The topological polar surface area (TPSA) is 122 Å². The van der Waals surface area contributed by atoms with E-state index in [2.05, 4.69) is 10.0 Å². The van der Waals surface area contributed by atoms with Crippen molar-refractivity contribution in [2.24, 2.45) is 0 Å². The molecule has 0 spiro atoms. The number of aryl methyl sites for hydroxylation is 2. The zero-order chi connectivity index (χ0) is 26.5. The number of sulfonamides is 2. The molecule has 0 unspecified atom stereocenters. The van der Waals surface area contributed by atoms with Gasteiger partial charge in [0, 0.05) is 25.3 Å². The Morgan fingerprint density at radius 2 is 1.61 bits per heavy atom. The number of ether oxygens (including phenoxy) is 1. The first kappa shape index (κ1) is 27.2. The van der Waals surface area contributed by atoms with Gasteiger partial charge in [0.15, 0.2) is 0 Å². The molecule has 3 aromatic carbocycles. The van der Waals surface area contributed by atoms with Crippen LogP contribution in [0.5, 0.6) is 5.75 Å². The van der Waals surface area contributed by atoms with Crippen LogP contribution in [0.4, 0.5) is 5.69 Å². The van der Waals surface area contributed by atoms with Gasteiger partial charge in [-0.25, -0.2) is 21.1 Å². The highest BCUT2D eigenvalue weighted by atomic mass is 32.2. The van der Waals surface area contributed by atoms with Gasteiger partial charge in [0.1, 0.15) is 12.4 Å². The summed E-state index contributed by atoms with van der Waals surface area (Å²) in [7, 11) is -4.51. The minimum atomic E-state index is -3.90. The molecule has 0 saturated carbocycles. The van der Waals surface area contributed by atoms with E-state index in [1.807, 2.05) is 13.0 Å². The van der Waals surface area contributed by atoms with E-state index in [1.54, 1.807) is 37.3 Å². The van der Waals surface area contributed by atoms with Crippen LogP contribution in [0.15, 0.2) is 76.5 Å². The van der Waals surface area contributed by atoms with Gasteiger partial charge < -0.3 is 10.1 Å². The molecule has 2 N–H and O–H groups in total. The monoisotopic (exact) mass is 531 g/mol. The number of amides is 1. The lowest BCUT2D eigenvalue weighted by atomic mass is 10.1. The number of benzene rings is 3. The summed E-state index contributed by atoms with van der Waals surface area (Å²) in [6.45, 7) is 3.82. The predicted molar refractivity (Wildman–Crippen MR) is 138 cm³/mol. The van der Waals surface area contributed by atoms with Crippen LogP contribution >= 0.6 is 0 Å². The molecular formula is C25H29N3O6S2. The highest BCUT2D eigenvalue weighted by Gasteiger charge is 2.20. The third-order valence-corrected chi connectivity index (χ3v) is 8.62. The Labute approximate surface area is 212 Å². The van der Waals surface area contributed by atoms with Gasteiger partial charge in [-0.1, -0.05) is 18.2 Å². The first-order chi connectivity index (χ1) is 16.9. The smallest absolute Gasteiger partial charge is 0.262 e. The molecule has 0 bridgehead atoms. The molecule has 0 atom stereocenters. The first-order valence-corrected chi connectivity index (χ1v) is 14.0. The van der Waals surface area contributed by atoms with Crippen molar-refractivity contribution in [3.8, 4) is 5.75 Å². The first-order valence-electron chi connectivity index (χ1n) is 11.0. The molecule has 3 aromatic rings. The van der Waals surface area contributed by atoms with E-state index < -0.39 is 26.0 Å². The maximum Gasteiger partial charge on any atom is 0.262 e. The standard InChI is InChI=1S/C25H29N3O6S2/c1-18-6-5-7-21(16-18)27-35(30,31)24-17-20(9-8-19(24)2)25(29)26-14-15-34-22-10-12-23(13-11-22)36(32,33)28(3)4/h5-13,16-17,27H,14-15H2,1-4H3,(H,26,29). The molecule has 0 aliphatic rings. The molecular weight excluding hydrogens is 502 g/mol. The number of anilines is 1. The normalized spacial score (nSPS) is 11.8. The zero-order valence-electron chi connectivity index (χ0n) is 20.5. The molecule has 3 rings (SSSR count). The van der Waals surface area contributed by atoms with Crippen LogP contribution in [-0.4, -0.2) is 54.3 Å². The van der Waals surface area contributed by atoms with E-state index in [4.69, 9.17) is 4.74 Å². The Morgan fingerprint density at radius 3 is 2.25 bits per heavy atom. The van der Waals surface area contributed by atoms with E-state index in [0.717, 1.165) is 9.87 Å². The predicted octanol–water partition coefficient (Wildman–Crippen LogP) is 3.16. The molecule has 0 fully saturated rings. The van der Waals surface area contributed by atoms with Crippen LogP contribution in [0.2, 0.25) is 0 Å². The van der Waals surface area contributed by atoms with Crippen molar-refractivity contribution in [2.75, 3.05) is 32.0 Å². The molecule has 1 amide bonds. The molecule has 0 aliphatic heterocycles. The fourth-order valence-electron chi connectivity index (χ4n) is 3.30. The summed E-state index contributed by atoms with van der Waals surface area (Å²) in [5, 5.41) is 2.69. The van der Waals surface area contributed by atoms with Crippen molar-refractivity contribution in [3.05, 3.63) is 83.4 Å². The second-order valence-corrected chi connectivity index (χ2v) is 12.1. The number of hydrogen-bond acceptors (Lipinski definition) is 6. The Balaban J connectivity index is 1.60. The van der Waals surface area contributed by atoms with Crippen LogP contribution < -0.4 is 14.8 Å². The average Bonchev–Trinajstić information content (AvgIpc) is 2.81. The number of nitrogens with one attached hydrogen (secondary N) is 2. The fourth-order valence-corrected chi connectivity index (χ4v) is 5.53. The summed E-state index contributed by atoms with van der Waals surface area (Å²) in [6, 6.07) is 17.4. The molecule has 0 aliphatic carbocycles. The molecule has 192 valence electrons. The summed E-state index contributed by atoms with van der Waals surface area (Å²) in [4.78, 5) is 12.8. The summed E-state index contributed by atoms with van der Waals surface area (Å²) in [6.07, 6.45) is 0. The van der Waals surface area contributed by atoms with Gasteiger partial charge in [-0.15, -0.1) is 0 Å². The van der Waals surface area contributed by atoms with Gasteiger partial charge in [-0.3, -0.25) is 9.52 Å². The van der Waals surface area contributed by atoms with E-state index in [-0.39, 0.29) is 28.5 Å². The average molecular weight is 532 g/mol. The van der Waals surface area contributed by atoms with Gasteiger partial charge in [-0.2, -0.15) is 0 Å². The van der Waals surface area contributed by atoms with E-state index >= 15 is 0 Å². The third-order valence-electron chi connectivity index (χ3n) is 5.27. The van der Waals surface area contributed by atoms with Crippen molar-refractivity contribution in [2.45, 2.75) is 23.6 Å². The van der Waals surface area contributed by atoms with Crippen molar-refractivity contribution in [1.82, 2.24) is 9.62 Å². The molecule has 0 heterocycles. The van der Waals surface area contributed by atoms with E-state index in [9.17, 15) is 21.6 Å². The fraction of sp³-hybridized carbons (Fsp3) is 0.240. The zero-order valence-corrected chi connectivity index (χ0v) is 22.1. The highest BCUT2D eigenvalue weighted by Crippen LogP contribution is 2.22. The van der Waals surface area contributed by atoms with Gasteiger partial charge in [0.05, 0.1) is 16.3 Å². The lowest BCUT2D eigenvalue weighted by Crippen LogP contribution is -2.28. The van der Waals surface area contributed by atoms with Gasteiger partial charge >= 0.3 is 0 Å². The van der Waals surface area contributed by atoms with Crippen molar-refractivity contribution < 1.29 is 26.4 Å². The lowest BCUT2D eigenvalue weighted by Gasteiger charge is -2.13. The number of carbonyl (C=O) groups is 1. The Hall–Kier alpha value is -3.41. The van der Waals surface area contributed by atoms with Crippen LogP contribution in [0.3, 0.4) is 0 Å². The quantitative estimate of drug-likeness (QED) is 0.388. The molecule has 0 saturated heterocycles. The van der Waals surface area contributed by atoms with Crippen molar-refractivity contribution in [3.63, 3.8) is 0 Å². The summed E-state index contributed by atoms with van der Waals surface area (Å²) >= 11 is 0. The minimum absolute atomic E-state index is 0.0145. The SMILES string of the molecule is Cc1cccc(NS(=O)(=O)c2cc(C(=O)NCCOc3ccc(S(=O)(=O)N(C)C)cc3)ccc2C)c1. The number of hydrogen-bond donors (Lipinski definition) is 2. The largest absolute Gasteiger partial charge is 0.492 e. The van der Waals surface area contributed by atoms with Crippen molar-refractivity contribution in [1.29, 1.82) is 0 Å². The summed E-state index contributed by atoms with van der Waals surface area (Å²) in [5.41, 5.74) is 2.06. The molecule has 11 heteroatoms. The van der Waals surface area contributed by atoms with Crippen LogP contribution in [0.1, 0.15) is 21.5 Å². The maximum atomic E-state index is 12.9. The van der Waals surface area contributed by atoms with Gasteiger partial charge in [0.25, 0.3) is 15.9 Å². The number of carbonyl (C=O) groups excluding carboxylic acids is 1. The van der Waals surface area contributed by atoms with Gasteiger partial charge in [0.2, 0.25) is 10.0 Å². The second kappa shape index (κ2) is 11.1. The van der Waals surface area contributed by atoms with E-state index in [0.29, 0.717) is 17.0 Å². The van der Waals surface area contributed by atoms with E-state index in [1.165, 1.54) is 44.4 Å². The molecule has 0 radical (unpaired) electrons. The number of nitrogens with zero attached hydrogens (tertiary/aromatic N) is 1. The molecule has 9 nitrogen and oxygen atoms in total. The molecule has 36 heavy (non-hydrogen) atoms. The van der Waals surface area contributed by atoms with Crippen LogP contribution in [-0.2, 0) is 20.0 Å². The third kappa shape index (κ3) is 6.62. The Morgan fingerprint density at radius 1 is 0.917 bits per heavy atom. The number of rotatable bonds is 10. The maximum absolute atomic E-state index is 12.9. The van der Waals surface area contributed by atoms with Crippen LogP contribution in [0.25, 0.3) is 0 Å². The Bertz CT molecular complexity index is 1450. The second-order valence-electron chi connectivity index (χ2n) is 8.32.